The van der Waals surface area contributed by atoms with E-state index in [-0.39, 0.29) is 18.2 Å². The molecule has 0 fully saturated rings. The van der Waals surface area contributed by atoms with Crippen molar-refractivity contribution in [1.82, 2.24) is 9.97 Å². The van der Waals surface area contributed by atoms with Crippen molar-refractivity contribution in [3.05, 3.63) is 38.2 Å². The standard InChI is InChI=1S/C14H14F4N2O3/c15-8(16)5-3-1-2-4-7-6-9(21)23-14-10(7)13(22)19-12(20-14)11(17)18/h6,8,11H,1-5H2,(H,19,20,22). The second-order valence-electron chi connectivity index (χ2n) is 5.01. The summed E-state index contributed by atoms with van der Waals surface area (Å²) in [7, 11) is 0. The van der Waals surface area contributed by atoms with Gasteiger partial charge in [-0.05, 0) is 24.8 Å². The first kappa shape index (κ1) is 17.2. The van der Waals surface area contributed by atoms with Crippen LogP contribution in [0.4, 0.5) is 17.6 Å². The molecule has 2 aromatic rings. The zero-order chi connectivity index (χ0) is 17.0. The molecule has 126 valence electrons. The highest BCUT2D eigenvalue weighted by Crippen LogP contribution is 2.18. The average Bonchev–Trinajstić information content (AvgIpc) is 2.45. The Morgan fingerprint density at radius 2 is 1.87 bits per heavy atom. The van der Waals surface area contributed by atoms with Crippen molar-refractivity contribution in [3.63, 3.8) is 0 Å². The summed E-state index contributed by atoms with van der Waals surface area (Å²) in [5.74, 6) is -0.875. The third kappa shape index (κ3) is 4.40. The number of H-pyrrole nitrogens is 1. The summed E-state index contributed by atoms with van der Waals surface area (Å²) >= 11 is 0. The minimum absolute atomic E-state index is 0.0668. The van der Waals surface area contributed by atoms with E-state index in [2.05, 4.69) is 4.98 Å². The van der Waals surface area contributed by atoms with Crippen molar-refractivity contribution in [2.45, 2.75) is 45.0 Å². The Kier molecular flexibility index (Phi) is 5.51. The van der Waals surface area contributed by atoms with Crippen molar-refractivity contribution in [2.24, 2.45) is 0 Å². The van der Waals surface area contributed by atoms with E-state index >= 15 is 0 Å². The molecule has 5 nitrogen and oxygen atoms in total. The number of nitrogens with one attached hydrogen (secondary N) is 1. The lowest BCUT2D eigenvalue weighted by molar-refractivity contribution is 0.134. The number of rotatable bonds is 7. The van der Waals surface area contributed by atoms with Crippen LogP contribution in [0.5, 0.6) is 0 Å². The molecule has 0 spiro atoms. The van der Waals surface area contributed by atoms with E-state index in [1.54, 1.807) is 0 Å². The van der Waals surface area contributed by atoms with Crippen LogP contribution < -0.4 is 11.2 Å². The predicted molar refractivity (Wildman–Crippen MR) is 74.0 cm³/mol. The fourth-order valence-corrected chi connectivity index (χ4v) is 2.26. The van der Waals surface area contributed by atoms with Crippen LogP contribution in [0.2, 0.25) is 0 Å². The van der Waals surface area contributed by atoms with Crippen LogP contribution >= 0.6 is 0 Å². The third-order valence-corrected chi connectivity index (χ3v) is 3.29. The van der Waals surface area contributed by atoms with Crippen molar-refractivity contribution < 1.29 is 22.0 Å². The zero-order valence-corrected chi connectivity index (χ0v) is 12.0. The van der Waals surface area contributed by atoms with Gasteiger partial charge in [0.1, 0.15) is 5.39 Å². The molecule has 0 saturated carbocycles. The van der Waals surface area contributed by atoms with Gasteiger partial charge in [-0.25, -0.2) is 22.4 Å². The van der Waals surface area contributed by atoms with E-state index < -0.39 is 35.6 Å². The summed E-state index contributed by atoms with van der Waals surface area (Å²) < 4.78 is 54.0. The number of aryl methyl sites for hydroxylation is 1. The van der Waals surface area contributed by atoms with Crippen LogP contribution in [0, 0.1) is 0 Å². The maximum atomic E-state index is 12.6. The second-order valence-corrected chi connectivity index (χ2v) is 5.01. The highest BCUT2D eigenvalue weighted by molar-refractivity contribution is 5.75. The molecule has 0 atom stereocenters. The van der Waals surface area contributed by atoms with Crippen molar-refractivity contribution in [3.8, 4) is 0 Å². The van der Waals surface area contributed by atoms with Gasteiger partial charge in [-0.2, -0.15) is 4.98 Å². The Morgan fingerprint density at radius 3 is 2.52 bits per heavy atom. The molecule has 0 amide bonds. The van der Waals surface area contributed by atoms with Gasteiger partial charge in [-0.15, -0.1) is 0 Å². The maximum absolute atomic E-state index is 12.6. The first-order chi connectivity index (χ1) is 10.9. The normalized spacial score (nSPS) is 11.7. The summed E-state index contributed by atoms with van der Waals surface area (Å²) in [4.78, 5) is 28.8. The number of alkyl halides is 4. The Morgan fingerprint density at radius 1 is 1.13 bits per heavy atom. The SMILES string of the molecule is O=c1cc(CCCCCC(F)F)c2c(=O)[nH]c(C(F)F)nc2o1. The fourth-order valence-electron chi connectivity index (χ4n) is 2.26. The number of fused-ring (bicyclic) bond motifs is 1. The van der Waals surface area contributed by atoms with Gasteiger partial charge in [-0.3, -0.25) is 4.79 Å². The van der Waals surface area contributed by atoms with Crippen molar-refractivity contribution in [2.75, 3.05) is 0 Å². The van der Waals surface area contributed by atoms with Gasteiger partial charge in [-0.1, -0.05) is 6.42 Å². The molecule has 2 rings (SSSR count). The Balaban J connectivity index is 2.26. The highest BCUT2D eigenvalue weighted by Gasteiger charge is 2.17. The molecule has 0 radical (unpaired) electrons. The molecular weight excluding hydrogens is 320 g/mol. The molecule has 2 heterocycles. The topological polar surface area (TPSA) is 76.0 Å². The van der Waals surface area contributed by atoms with Crippen LogP contribution in [-0.4, -0.2) is 16.4 Å². The summed E-state index contributed by atoms with van der Waals surface area (Å²) in [5, 5.41) is -0.0668. The van der Waals surface area contributed by atoms with Gasteiger partial charge in [0.25, 0.3) is 12.0 Å². The summed E-state index contributed by atoms with van der Waals surface area (Å²) in [6.07, 6.45) is -4.02. The Bertz CT molecular complexity index is 786. The number of hydrogen-bond acceptors (Lipinski definition) is 4. The molecular formula is C14H14F4N2O3. The molecule has 0 aliphatic carbocycles. The first-order valence-electron chi connectivity index (χ1n) is 7.01. The molecule has 0 bridgehead atoms. The molecule has 9 heteroatoms. The third-order valence-electron chi connectivity index (χ3n) is 3.29. The van der Waals surface area contributed by atoms with Crippen LogP contribution in [0.25, 0.3) is 11.1 Å². The van der Waals surface area contributed by atoms with E-state index in [1.165, 1.54) is 0 Å². The Labute approximate surface area is 127 Å². The van der Waals surface area contributed by atoms with E-state index in [1.807, 2.05) is 4.98 Å². The van der Waals surface area contributed by atoms with E-state index in [9.17, 15) is 27.2 Å². The monoisotopic (exact) mass is 334 g/mol. The number of nitrogens with zero attached hydrogens (tertiary/aromatic N) is 1. The average molecular weight is 334 g/mol. The van der Waals surface area contributed by atoms with Crippen LogP contribution in [-0.2, 0) is 6.42 Å². The largest absolute Gasteiger partial charge is 0.403 e. The predicted octanol–water partition coefficient (Wildman–Crippen LogP) is 3.18. The van der Waals surface area contributed by atoms with Gasteiger partial charge in [0, 0.05) is 12.5 Å². The van der Waals surface area contributed by atoms with Gasteiger partial charge in [0.2, 0.25) is 12.1 Å². The van der Waals surface area contributed by atoms with E-state index in [0.29, 0.717) is 24.8 Å². The quantitative estimate of drug-likeness (QED) is 0.623. The maximum Gasteiger partial charge on any atom is 0.337 e. The minimum atomic E-state index is -3.00. The van der Waals surface area contributed by atoms with Gasteiger partial charge >= 0.3 is 5.63 Å². The van der Waals surface area contributed by atoms with E-state index in [4.69, 9.17) is 4.42 Å². The lowest BCUT2D eigenvalue weighted by Crippen LogP contribution is -2.16. The van der Waals surface area contributed by atoms with Gasteiger partial charge < -0.3 is 9.40 Å². The fraction of sp³-hybridized carbons (Fsp3) is 0.500. The van der Waals surface area contributed by atoms with Gasteiger partial charge in [0.15, 0.2) is 5.82 Å². The molecule has 0 aromatic carbocycles. The van der Waals surface area contributed by atoms with Crippen molar-refractivity contribution in [1.29, 1.82) is 0 Å². The Hall–Kier alpha value is -2.19. The van der Waals surface area contributed by atoms with Crippen LogP contribution in [0.15, 0.2) is 20.1 Å². The number of halogens is 4. The van der Waals surface area contributed by atoms with Crippen LogP contribution in [0.1, 0.15) is 43.5 Å². The lowest BCUT2D eigenvalue weighted by Gasteiger charge is -2.06. The molecule has 2 aromatic heterocycles. The van der Waals surface area contributed by atoms with Gasteiger partial charge in [0.05, 0.1) is 0 Å². The molecule has 0 saturated heterocycles. The molecule has 23 heavy (non-hydrogen) atoms. The molecule has 0 aliphatic rings. The first-order valence-corrected chi connectivity index (χ1v) is 7.01. The minimum Gasteiger partial charge on any atom is -0.403 e. The lowest BCUT2D eigenvalue weighted by atomic mass is 10.0. The molecule has 0 unspecified atom stereocenters. The molecule has 0 aliphatic heterocycles. The number of aromatic amines is 1. The summed E-state index contributed by atoms with van der Waals surface area (Å²) in [5.41, 5.74) is -1.77. The summed E-state index contributed by atoms with van der Waals surface area (Å²) in [6, 6.07) is 1.09. The van der Waals surface area contributed by atoms with Crippen LogP contribution in [0.3, 0.4) is 0 Å². The zero-order valence-electron chi connectivity index (χ0n) is 12.0. The second kappa shape index (κ2) is 7.38. The summed E-state index contributed by atoms with van der Waals surface area (Å²) in [6.45, 7) is 0. The number of hydrogen-bond donors (Lipinski definition) is 1. The number of aromatic nitrogens is 2. The van der Waals surface area contributed by atoms with E-state index in [0.717, 1.165) is 6.07 Å². The smallest absolute Gasteiger partial charge is 0.337 e. The molecule has 1 N–H and O–H groups in total. The highest BCUT2D eigenvalue weighted by atomic mass is 19.3. The van der Waals surface area contributed by atoms with Crippen molar-refractivity contribution >= 4 is 11.1 Å². The number of unbranched alkanes of at least 4 members (excludes halogenated alkanes) is 2.